The molecule has 1 atom stereocenters. The van der Waals surface area contributed by atoms with Crippen molar-refractivity contribution in [3.8, 4) is 0 Å². The minimum absolute atomic E-state index is 0.0342. The largest absolute Gasteiger partial charge is 0.326 e. The second-order valence-corrected chi connectivity index (χ2v) is 8.52. The number of carbonyl (C=O) groups is 1. The van der Waals surface area contributed by atoms with E-state index in [1.54, 1.807) is 6.07 Å². The van der Waals surface area contributed by atoms with Crippen molar-refractivity contribution in [2.45, 2.75) is 24.2 Å². The summed E-state index contributed by atoms with van der Waals surface area (Å²) in [6.45, 7) is 1.97. The van der Waals surface area contributed by atoms with Crippen LogP contribution in [0.3, 0.4) is 0 Å². The number of benzene rings is 2. The van der Waals surface area contributed by atoms with E-state index in [0.717, 1.165) is 9.87 Å². The van der Waals surface area contributed by atoms with Crippen LogP contribution in [-0.2, 0) is 14.8 Å². The number of carbonyl (C=O) groups excluding carboxylic acids is 1. The van der Waals surface area contributed by atoms with Crippen molar-refractivity contribution >= 4 is 33.2 Å². The zero-order valence-corrected chi connectivity index (χ0v) is 15.9. The number of hydrogen-bond acceptors (Lipinski definition) is 3. The van der Waals surface area contributed by atoms with Gasteiger partial charge >= 0.3 is 0 Å². The third kappa shape index (κ3) is 4.81. The first kappa shape index (κ1) is 19.4. The van der Waals surface area contributed by atoms with Gasteiger partial charge in [-0.1, -0.05) is 48.9 Å². The van der Waals surface area contributed by atoms with Crippen LogP contribution >= 0.6 is 11.6 Å². The zero-order chi connectivity index (χ0) is 18.6. The van der Waals surface area contributed by atoms with Gasteiger partial charge in [0.25, 0.3) is 0 Å². The molecule has 0 bridgehead atoms. The van der Waals surface area contributed by atoms with Crippen LogP contribution in [0.4, 0.5) is 5.69 Å². The second-order valence-electron chi connectivity index (χ2n) is 6.00. The Morgan fingerprint density at radius 1 is 1.16 bits per heavy atom. The Kier molecular flexibility index (Phi) is 6.21. The molecule has 0 fully saturated rings. The number of amides is 1. The van der Waals surface area contributed by atoms with Gasteiger partial charge in [-0.3, -0.25) is 4.79 Å². The Morgan fingerprint density at radius 2 is 1.80 bits per heavy atom. The molecule has 0 heterocycles. The average Bonchev–Trinajstić information content (AvgIpc) is 2.57. The predicted molar refractivity (Wildman–Crippen MR) is 100 cm³/mol. The van der Waals surface area contributed by atoms with E-state index in [9.17, 15) is 13.2 Å². The Morgan fingerprint density at radius 3 is 2.40 bits per heavy atom. The van der Waals surface area contributed by atoms with Crippen molar-refractivity contribution < 1.29 is 13.2 Å². The summed E-state index contributed by atoms with van der Waals surface area (Å²) in [5.74, 6) is -0.134. The molecule has 2 rings (SSSR count). The monoisotopic (exact) mass is 380 g/mol. The molecule has 5 nitrogen and oxygen atoms in total. The highest BCUT2D eigenvalue weighted by Gasteiger charge is 2.21. The van der Waals surface area contributed by atoms with Gasteiger partial charge in [0.15, 0.2) is 0 Å². The SMILES string of the molecule is C[C@H](CC(=O)Nc1ccc(Cl)c(S(=O)(=O)N(C)C)c1)c1ccccc1. The number of hydrogen-bond donors (Lipinski definition) is 1. The van der Waals surface area contributed by atoms with Gasteiger partial charge in [-0.05, 0) is 29.7 Å². The van der Waals surface area contributed by atoms with Crippen LogP contribution in [0, 0.1) is 0 Å². The fourth-order valence-corrected chi connectivity index (χ4v) is 3.76. The van der Waals surface area contributed by atoms with Crippen LogP contribution < -0.4 is 5.32 Å². The Bertz CT molecular complexity index is 852. The second kappa shape index (κ2) is 7.99. The Balaban J connectivity index is 2.14. The Labute approximate surface area is 153 Å². The molecule has 0 aliphatic heterocycles. The fraction of sp³-hybridized carbons (Fsp3) is 0.278. The highest BCUT2D eigenvalue weighted by Crippen LogP contribution is 2.27. The van der Waals surface area contributed by atoms with Crippen LogP contribution in [0.2, 0.25) is 5.02 Å². The van der Waals surface area contributed by atoms with Gasteiger partial charge < -0.3 is 5.32 Å². The Hall–Kier alpha value is -1.89. The van der Waals surface area contributed by atoms with Crippen LogP contribution in [0.5, 0.6) is 0 Å². The van der Waals surface area contributed by atoms with Gasteiger partial charge in [0.1, 0.15) is 4.90 Å². The van der Waals surface area contributed by atoms with E-state index in [-0.39, 0.29) is 21.7 Å². The average molecular weight is 381 g/mol. The molecule has 1 N–H and O–H groups in total. The topological polar surface area (TPSA) is 66.5 Å². The minimum atomic E-state index is -3.68. The fourth-order valence-electron chi connectivity index (χ4n) is 2.37. The molecular formula is C18H21ClN2O3S. The number of rotatable bonds is 6. The lowest BCUT2D eigenvalue weighted by Crippen LogP contribution is -2.23. The quantitative estimate of drug-likeness (QED) is 0.830. The highest BCUT2D eigenvalue weighted by molar-refractivity contribution is 7.89. The summed E-state index contributed by atoms with van der Waals surface area (Å²) in [4.78, 5) is 12.2. The third-order valence-corrected chi connectivity index (χ3v) is 6.13. The lowest BCUT2D eigenvalue weighted by Gasteiger charge is -2.15. The first-order valence-electron chi connectivity index (χ1n) is 7.78. The smallest absolute Gasteiger partial charge is 0.244 e. The van der Waals surface area contributed by atoms with Gasteiger partial charge in [-0.15, -0.1) is 0 Å². The van der Waals surface area contributed by atoms with E-state index >= 15 is 0 Å². The van der Waals surface area contributed by atoms with Crippen LogP contribution in [0.1, 0.15) is 24.8 Å². The van der Waals surface area contributed by atoms with Crippen LogP contribution in [-0.4, -0.2) is 32.7 Å². The lowest BCUT2D eigenvalue weighted by atomic mass is 9.97. The van der Waals surface area contributed by atoms with Crippen molar-refractivity contribution in [1.29, 1.82) is 0 Å². The minimum Gasteiger partial charge on any atom is -0.326 e. The molecule has 2 aromatic rings. The van der Waals surface area contributed by atoms with Crippen molar-refractivity contribution in [3.63, 3.8) is 0 Å². The van der Waals surface area contributed by atoms with Crippen LogP contribution in [0.25, 0.3) is 0 Å². The zero-order valence-electron chi connectivity index (χ0n) is 14.4. The van der Waals surface area contributed by atoms with E-state index in [4.69, 9.17) is 11.6 Å². The van der Waals surface area contributed by atoms with Crippen LogP contribution in [0.15, 0.2) is 53.4 Å². The summed E-state index contributed by atoms with van der Waals surface area (Å²) in [5, 5.41) is 2.86. The van der Waals surface area contributed by atoms with Gasteiger partial charge in [0, 0.05) is 26.2 Å². The number of nitrogens with one attached hydrogen (secondary N) is 1. The molecule has 25 heavy (non-hydrogen) atoms. The third-order valence-electron chi connectivity index (χ3n) is 3.83. The van der Waals surface area contributed by atoms with Gasteiger partial charge in [0.2, 0.25) is 15.9 Å². The lowest BCUT2D eigenvalue weighted by molar-refractivity contribution is -0.116. The summed E-state index contributed by atoms with van der Waals surface area (Å²) < 4.78 is 25.6. The molecule has 7 heteroatoms. The van der Waals surface area contributed by atoms with E-state index < -0.39 is 10.0 Å². The molecule has 134 valence electrons. The van der Waals surface area contributed by atoms with E-state index in [2.05, 4.69) is 5.32 Å². The molecule has 0 aliphatic carbocycles. The first-order valence-corrected chi connectivity index (χ1v) is 9.60. The predicted octanol–water partition coefficient (Wildman–Crippen LogP) is 3.72. The molecule has 2 aromatic carbocycles. The number of anilines is 1. The highest BCUT2D eigenvalue weighted by atomic mass is 35.5. The summed E-state index contributed by atoms with van der Waals surface area (Å²) in [6, 6.07) is 14.2. The van der Waals surface area contributed by atoms with Gasteiger partial charge in [-0.2, -0.15) is 0 Å². The number of sulfonamides is 1. The summed E-state index contributed by atoms with van der Waals surface area (Å²) >= 11 is 6.01. The molecule has 1 amide bonds. The molecule has 0 saturated heterocycles. The molecule has 0 saturated carbocycles. The molecular weight excluding hydrogens is 360 g/mol. The molecule has 0 radical (unpaired) electrons. The van der Waals surface area contributed by atoms with Crippen molar-refractivity contribution in [2.75, 3.05) is 19.4 Å². The van der Waals surface area contributed by atoms with E-state index in [0.29, 0.717) is 12.1 Å². The number of nitrogens with zero attached hydrogens (tertiary/aromatic N) is 1. The molecule has 0 aromatic heterocycles. The van der Waals surface area contributed by atoms with Gasteiger partial charge in [-0.25, -0.2) is 12.7 Å². The van der Waals surface area contributed by atoms with Crippen molar-refractivity contribution in [2.24, 2.45) is 0 Å². The maximum Gasteiger partial charge on any atom is 0.244 e. The van der Waals surface area contributed by atoms with E-state index in [1.165, 1.54) is 26.2 Å². The maximum absolute atomic E-state index is 12.3. The summed E-state index contributed by atoms with van der Waals surface area (Å²) in [6.07, 6.45) is 0.294. The standard InChI is InChI=1S/C18H21ClN2O3S/c1-13(14-7-5-4-6-8-14)11-18(22)20-15-9-10-16(19)17(12-15)25(23,24)21(2)3/h4-10,12-13H,11H2,1-3H3,(H,20,22)/t13-/m1/s1. The molecule has 0 spiro atoms. The molecule has 0 unspecified atom stereocenters. The van der Waals surface area contributed by atoms with Gasteiger partial charge in [0.05, 0.1) is 5.02 Å². The maximum atomic E-state index is 12.3. The summed E-state index contributed by atoms with van der Waals surface area (Å²) in [5.41, 5.74) is 1.47. The molecule has 0 aliphatic rings. The normalized spacial score (nSPS) is 12.8. The first-order chi connectivity index (χ1) is 11.7. The van der Waals surface area contributed by atoms with Crippen molar-refractivity contribution in [3.05, 3.63) is 59.1 Å². The van der Waals surface area contributed by atoms with Crippen molar-refractivity contribution in [1.82, 2.24) is 4.31 Å². The summed E-state index contributed by atoms with van der Waals surface area (Å²) in [7, 11) is -0.824. The number of halogens is 1. The van der Waals surface area contributed by atoms with E-state index in [1.807, 2.05) is 37.3 Å².